The van der Waals surface area contributed by atoms with Gasteiger partial charge in [-0.25, -0.2) is 8.42 Å². The van der Waals surface area contributed by atoms with Crippen LogP contribution in [0.5, 0.6) is 0 Å². The molecule has 7 nitrogen and oxygen atoms in total. The van der Waals surface area contributed by atoms with Crippen LogP contribution in [0.3, 0.4) is 0 Å². The quantitative estimate of drug-likeness (QED) is 0.411. The molecule has 2 heterocycles. The number of aliphatic imine (C=N–C) groups is 1. The van der Waals surface area contributed by atoms with Gasteiger partial charge in [-0.15, -0.1) is 0 Å². The number of nitrogens with zero attached hydrogens (tertiary/aromatic N) is 2. The molecule has 0 aliphatic carbocycles. The number of rotatable bonds is 8. The van der Waals surface area contributed by atoms with Crippen LogP contribution in [0.4, 0.5) is 0 Å². The van der Waals surface area contributed by atoms with E-state index in [0.717, 1.165) is 18.8 Å². The predicted octanol–water partition coefficient (Wildman–Crippen LogP) is 1.02. The van der Waals surface area contributed by atoms with E-state index in [9.17, 15) is 8.42 Å². The van der Waals surface area contributed by atoms with Crippen LogP contribution in [-0.2, 0) is 9.84 Å². The molecular weight excluding hydrogens is 328 g/mol. The average Bonchev–Trinajstić information content (AvgIpc) is 3.22. The minimum atomic E-state index is -2.91. The van der Waals surface area contributed by atoms with Gasteiger partial charge in [0, 0.05) is 26.4 Å². The zero-order valence-electron chi connectivity index (χ0n) is 14.5. The molecule has 2 N–H and O–H groups in total. The van der Waals surface area contributed by atoms with E-state index in [1.165, 1.54) is 19.1 Å². The Hall–Kier alpha value is -1.54. The van der Waals surface area contributed by atoms with E-state index in [-0.39, 0.29) is 11.8 Å². The predicted molar refractivity (Wildman–Crippen MR) is 95.9 cm³/mol. The van der Waals surface area contributed by atoms with E-state index < -0.39 is 9.84 Å². The van der Waals surface area contributed by atoms with Gasteiger partial charge in [-0.05, 0) is 44.5 Å². The Morgan fingerprint density at radius 1 is 1.38 bits per heavy atom. The SMILES string of the molecule is CN=C(NCCCS(C)(=O)=O)NCC(c1ccco1)N1CCCC1. The topological polar surface area (TPSA) is 86.9 Å². The third kappa shape index (κ3) is 6.16. The van der Waals surface area contributed by atoms with E-state index in [4.69, 9.17) is 4.42 Å². The van der Waals surface area contributed by atoms with Gasteiger partial charge < -0.3 is 15.1 Å². The third-order valence-corrected chi connectivity index (χ3v) is 5.15. The van der Waals surface area contributed by atoms with Gasteiger partial charge in [-0.3, -0.25) is 9.89 Å². The van der Waals surface area contributed by atoms with E-state index in [2.05, 4.69) is 20.5 Å². The molecule has 0 radical (unpaired) electrons. The second kappa shape index (κ2) is 9.08. The summed E-state index contributed by atoms with van der Waals surface area (Å²) in [6.07, 6.45) is 5.96. The molecule has 1 aromatic heterocycles. The lowest BCUT2D eigenvalue weighted by Crippen LogP contribution is -2.43. The first kappa shape index (κ1) is 18.8. The fourth-order valence-corrected chi connectivity index (χ4v) is 3.57. The van der Waals surface area contributed by atoms with Crippen LogP contribution < -0.4 is 10.6 Å². The van der Waals surface area contributed by atoms with E-state index in [1.54, 1.807) is 13.3 Å². The lowest BCUT2D eigenvalue weighted by atomic mass is 10.2. The highest BCUT2D eigenvalue weighted by Crippen LogP contribution is 2.24. The summed E-state index contributed by atoms with van der Waals surface area (Å²) in [6.45, 7) is 3.42. The first-order valence-electron chi connectivity index (χ1n) is 8.39. The Morgan fingerprint density at radius 3 is 2.71 bits per heavy atom. The Morgan fingerprint density at radius 2 is 2.12 bits per heavy atom. The van der Waals surface area contributed by atoms with Gasteiger partial charge >= 0.3 is 0 Å². The molecule has 0 spiro atoms. The molecule has 0 saturated carbocycles. The van der Waals surface area contributed by atoms with E-state index in [0.29, 0.717) is 25.5 Å². The molecule has 1 unspecified atom stereocenters. The molecule has 136 valence electrons. The van der Waals surface area contributed by atoms with Gasteiger partial charge in [0.15, 0.2) is 5.96 Å². The highest BCUT2D eigenvalue weighted by atomic mass is 32.2. The van der Waals surface area contributed by atoms with Crippen molar-refractivity contribution in [3.63, 3.8) is 0 Å². The van der Waals surface area contributed by atoms with Crippen LogP contribution in [0.15, 0.2) is 27.8 Å². The van der Waals surface area contributed by atoms with Crippen molar-refractivity contribution in [2.75, 3.05) is 45.2 Å². The minimum absolute atomic E-state index is 0.178. The second-order valence-electron chi connectivity index (χ2n) is 6.14. The zero-order chi connectivity index (χ0) is 17.4. The Kier molecular flexibility index (Phi) is 7.11. The summed E-state index contributed by atoms with van der Waals surface area (Å²) in [5, 5.41) is 6.48. The maximum atomic E-state index is 11.1. The highest BCUT2D eigenvalue weighted by Gasteiger charge is 2.25. The van der Waals surface area contributed by atoms with Gasteiger partial charge in [0.25, 0.3) is 0 Å². The number of likely N-dealkylation sites (tertiary alicyclic amines) is 1. The lowest BCUT2D eigenvalue weighted by Gasteiger charge is -2.26. The lowest BCUT2D eigenvalue weighted by molar-refractivity contribution is 0.215. The maximum absolute atomic E-state index is 11.1. The average molecular weight is 356 g/mol. The third-order valence-electron chi connectivity index (χ3n) is 4.12. The van der Waals surface area contributed by atoms with Crippen molar-refractivity contribution < 1.29 is 12.8 Å². The van der Waals surface area contributed by atoms with Crippen LogP contribution in [0.1, 0.15) is 31.1 Å². The van der Waals surface area contributed by atoms with Crippen LogP contribution in [0, 0.1) is 0 Å². The minimum Gasteiger partial charge on any atom is -0.468 e. The van der Waals surface area contributed by atoms with Gasteiger partial charge in [0.1, 0.15) is 15.6 Å². The maximum Gasteiger partial charge on any atom is 0.191 e. The molecule has 0 bridgehead atoms. The van der Waals surface area contributed by atoms with Crippen molar-refractivity contribution in [2.24, 2.45) is 4.99 Å². The second-order valence-corrected chi connectivity index (χ2v) is 8.40. The molecule has 1 aromatic rings. The van der Waals surface area contributed by atoms with Gasteiger partial charge in [-0.1, -0.05) is 0 Å². The molecule has 0 aromatic carbocycles. The first-order valence-corrected chi connectivity index (χ1v) is 10.5. The van der Waals surface area contributed by atoms with Crippen LogP contribution in [-0.4, -0.2) is 64.5 Å². The number of hydrogen-bond donors (Lipinski definition) is 2. The zero-order valence-corrected chi connectivity index (χ0v) is 15.3. The molecule has 24 heavy (non-hydrogen) atoms. The van der Waals surface area contributed by atoms with Crippen LogP contribution in [0.2, 0.25) is 0 Å². The summed E-state index contributed by atoms with van der Waals surface area (Å²) in [4.78, 5) is 6.62. The van der Waals surface area contributed by atoms with Crippen molar-refractivity contribution in [3.8, 4) is 0 Å². The number of guanidine groups is 1. The van der Waals surface area contributed by atoms with E-state index in [1.807, 2.05) is 12.1 Å². The summed E-state index contributed by atoms with van der Waals surface area (Å²) in [5.74, 6) is 1.82. The van der Waals surface area contributed by atoms with Gasteiger partial charge in [0.2, 0.25) is 0 Å². The number of sulfone groups is 1. The normalized spacial score (nSPS) is 17.8. The Bertz CT molecular complexity index is 607. The molecule has 1 aliphatic heterocycles. The molecule has 0 amide bonds. The monoisotopic (exact) mass is 356 g/mol. The fourth-order valence-electron chi connectivity index (χ4n) is 2.90. The van der Waals surface area contributed by atoms with Crippen molar-refractivity contribution in [2.45, 2.75) is 25.3 Å². The summed E-state index contributed by atoms with van der Waals surface area (Å²) in [6, 6.07) is 4.10. The summed E-state index contributed by atoms with van der Waals surface area (Å²) in [5.41, 5.74) is 0. The van der Waals surface area contributed by atoms with E-state index >= 15 is 0 Å². The molecule has 1 saturated heterocycles. The molecule has 8 heteroatoms. The van der Waals surface area contributed by atoms with Crippen molar-refractivity contribution >= 4 is 15.8 Å². The number of nitrogens with one attached hydrogen (secondary N) is 2. The number of hydrogen-bond acceptors (Lipinski definition) is 5. The molecule has 1 fully saturated rings. The van der Waals surface area contributed by atoms with Gasteiger partial charge in [-0.2, -0.15) is 0 Å². The van der Waals surface area contributed by atoms with Crippen LogP contribution >= 0.6 is 0 Å². The largest absolute Gasteiger partial charge is 0.468 e. The van der Waals surface area contributed by atoms with Crippen molar-refractivity contribution in [1.82, 2.24) is 15.5 Å². The Balaban J connectivity index is 1.83. The van der Waals surface area contributed by atoms with Crippen LogP contribution in [0.25, 0.3) is 0 Å². The standard InChI is InChI=1S/C16H28N4O3S/c1-17-16(18-8-6-12-24(2,21)22)19-13-14(15-7-5-11-23-15)20-9-3-4-10-20/h5,7,11,14H,3-4,6,8-10,12-13H2,1-2H3,(H2,17,18,19). The smallest absolute Gasteiger partial charge is 0.191 e. The first-order chi connectivity index (χ1) is 11.5. The molecule has 2 rings (SSSR count). The van der Waals surface area contributed by atoms with Crippen molar-refractivity contribution in [1.29, 1.82) is 0 Å². The highest BCUT2D eigenvalue weighted by molar-refractivity contribution is 7.90. The van der Waals surface area contributed by atoms with Gasteiger partial charge in [0.05, 0.1) is 18.1 Å². The molecular formula is C16H28N4O3S. The molecule has 1 aliphatic rings. The molecule has 1 atom stereocenters. The Labute approximate surface area is 144 Å². The number of furan rings is 1. The van der Waals surface area contributed by atoms with Crippen molar-refractivity contribution in [3.05, 3.63) is 24.2 Å². The summed E-state index contributed by atoms with van der Waals surface area (Å²) in [7, 11) is -1.20. The fraction of sp³-hybridized carbons (Fsp3) is 0.688. The summed E-state index contributed by atoms with van der Waals surface area (Å²) < 4.78 is 27.9. The summed E-state index contributed by atoms with van der Waals surface area (Å²) >= 11 is 0.